The number of urea groups is 1. The number of hydrogen-bond acceptors (Lipinski definition) is 5. The van der Waals surface area contributed by atoms with Crippen molar-refractivity contribution in [3.05, 3.63) is 88.1 Å². The van der Waals surface area contributed by atoms with E-state index in [1.807, 2.05) is 35.7 Å². The minimum absolute atomic E-state index is 0.156. The summed E-state index contributed by atoms with van der Waals surface area (Å²) in [5.41, 5.74) is 2.31. The Balaban J connectivity index is 1.29. The molecule has 3 N–H and O–H groups in total. The molecule has 0 unspecified atom stereocenters. The number of carbonyl (C=O) groups is 2. The molecule has 2 heterocycles. The summed E-state index contributed by atoms with van der Waals surface area (Å²) in [5.74, 6) is -0.175. The van der Waals surface area contributed by atoms with Gasteiger partial charge in [0.15, 0.2) is 0 Å². The van der Waals surface area contributed by atoms with Crippen molar-refractivity contribution in [3.8, 4) is 0 Å². The monoisotopic (exact) mass is 478 g/mol. The first-order valence-corrected chi connectivity index (χ1v) is 12.2. The van der Waals surface area contributed by atoms with Gasteiger partial charge in [0, 0.05) is 48.9 Å². The molecule has 34 heavy (non-hydrogen) atoms. The molecule has 0 spiro atoms. The lowest BCUT2D eigenvalue weighted by Crippen LogP contribution is -2.41. The highest BCUT2D eigenvalue weighted by atomic mass is 32.1. The molecule has 3 amide bonds. The van der Waals surface area contributed by atoms with Crippen molar-refractivity contribution in [2.45, 2.75) is 31.7 Å². The number of hydrogen-bond donors (Lipinski definition) is 3. The third-order valence-electron chi connectivity index (χ3n) is 5.94. The summed E-state index contributed by atoms with van der Waals surface area (Å²) in [6, 6.07) is 21.1. The van der Waals surface area contributed by atoms with E-state index in [0.717, 1.165) is 24.4 Å². The van der Waals surface area contributed by atoms with E-state index in [2.05, 4.69) is 33.0 Å². The van der Waals surface area contributed by atoms with Crippen LogP contribution < -0.4 is 16.0 Å². The first-order chi connectivity index (χ1) is 16.6. The van der Waals surface area contributed by atoms with Crippen LogP contribution in [0.3, 0.4) is 0 Å². The van der Waals surface area contributed by atoms with E-state index < -0.39 is 0 Å². The van der Waals surface area contributed by atoms with Crippen LogP contribution >= 0.6 is 11.3 Å². The Hall–Kier alpha value is -3.20. The number of methoxy groups -OCH3 is 1. The first kappa shape index (κ1) is 23.9. The fraction of sp³-hybridized carbons (Fsp3) is 0.308. The smallest absolute Gasteiger partial charge is 0.319 e. The highest BCUT2D eigenvalue weighted by Gasteiger charge is 2.32. The number of thiophene rings is 1. The molecule has 1 fully saturated rings. The number of rotatable bonds is 9. The van der Waals surface area contributed by atoms with Crippen LogP contribution in [0.25, 0.3) is 0 Å². The number of nitrogens with zero attached hydrogens (tertiary/aromatic N) is 1. The summed E-state index contributed by atoms with van der Waals surface area (Å²) >= 11 is 1.60. The lowest BCUT2D eigenvalue weighted by molar-refractivity contribution is 0.0951. The van der Waals surface area contributed by atoms with Gasteiger partial charge in [0.1, 0.15) is 0 Å². The SMILES string of the molecule is CO[C@@H]1C[C@@H](CNC(=O)Nc2cccc(C(=O)NCc3cccs3)c2)N(Cc2ccccc2)C1. The summed E-state index contributed by atoms with van der Waals surface area (Å²) in [7, 11) is 1.73. The number of amides is 3. The van der Waals surface area contributed by atoms with Crippen LogP contribution in [0.4, 0.5) is 10.5 Å². The standard InChI is InChI=1S/C26H30N4O3S/c1-33-23-14-22(30(18-23)17-19-7-3-2-4-8-19)15-28-26(32)29-21-10-5-9-20(13-21)25(31)27-16-24-11-6-12-34-24/h2-13,22-23H,14-18H2,1H3,(H,27,31)(H2,28,29,32)/t22-,23+/m0/s1. The second-order valence-corrected chi connectivity index (χ2v) is 9.37. The van der Waals surface area contributed by atoms with Crippen LogP contribution in [-0.4, -0.2) is 49.2 Å². The Bertz CT molecular complexity index is 1070. The molecule has 7 nitrogen and oxygen atoms in total. The van der Waals surface area contributed by atoms with Gasteiger partial charge >= 0.3 is 6.03 Å². The fourth-order valence-electron chi connectivity index (χ4n) is 4.14. The van der Waals surface area contributed by atoms with Gasteiger partial charge in [-0.1, -0.05) is 42.5 Å². The molecule has 0 saturated carbocycles. The summed E-state index contributed by atoms with van der Waals surface area (Å²) < 4.78 is 5.58. The zero-order chi connectivity index (χ0) is 23.8. The molecule has 1 aromatic heterocycles. The van der Waals surface area contributed by atoms with E-state index in [0.29, 0.717) is 24.3 Å². The number of anilines is 1. The molecule has 0 bridgehead atoms. The van der Waals surface area contributed by atoms with Crippen LogP contribution in [0.5, 0.6) is 0 Å². The van der Waals surface area contributed by atoms with Crippen LogP contribution in [0.2, 0.25) is 0 Å². The fourth-order valence-corrected chi connectivity index (χ4v) is 4.78. The zero-order valence-corrected chi connectivity index (χ0v) is 20.0. The molecule has 178 valence electrons. The summed E-state index contributed by atoms with van der Waals surface area (Å²) in [6.45, 7) is 2.65. The second-order valence-electron chi connectivity index (χ2n) is 8.34. The zero-order valence-electron chi connectivity index (χ0n) is 19.2. The largest absolute Gasteiger partial charge is 0.380 e. The number of carbonyl (C=O) groups excluding carboxylic acids is 2. The maximum absolute atomic E-state index is 12.6. The Morgan fingerprint density at radius 2 is 1.91 bits per heavy atom. The van der Waals surface area contributed by atoms with Gasteiger partial charge < -0.3 is 20.7 Å². The quantitative estimate of drug-likeness (QED) is 0.433. The van der Waals surface area contributed by atoms with Gasteiger partial charge in [-0.3, -0.25) is 9.69 Å². The van der Waals surface area contributed by atoms with Crippen molar-refractivity contribution in [1.29, 1.82) is 0 Å². The van der Waals surface area contributed by atoms with Gasteiger partial charge in [0.25, 0.3) is 5.91 Å². The van der Waals surface area contributed by atoms with Crippen LogP contribution in [0.1, 0.15) is 27.2 Å². The van der Waals surface area contributed by atoms with E-state index in [1.165, 1.54) is 5.56 Å². The van der Waals surface area contributed by atoms with Crippen molar-refractivity contribution in [2.75, 3.05) is 25.5 Å². The Kier molecular flexibility index (Phi) is 8.30. The maximum Gasteiger partial charge on any atom is 0.319 e. The van der Waals surface area contributed by atoms with E-state index in [1.54, 1.807) is 42.7 Å². The number of nitrogens with one attached hydrogen (secondary N) is 3. The number of likely N-dealkylation sites (tertiary alicyclic amines) is 1. The summed E-state index contributed by atoms with van der Waals surface area (Å²) in [6.07, 6.45) is 1.02. The molecule has 0 radical (unpaired) electrons. The van der Waals surface area contributed by atoms with Crippen molar-refractivity contribution in [3.63, 3.8) is 0 Å². The number of ether oxygens (including phenoxy) is 1. The number of benzene rings is 2. The molecular formula is C26H30N4O3S. The minimum Gasteiger partial charge on any atom is -0.380 e. The highest BCUT2D eigenvalue weighted by molar-refractivity contribution is 7.09. The topological polar surface area (TPSA) is 82.7 Å². The van der Waals surface area contributed by atoms with Crippen molar-refractivity contribution < 1.29 is 14.3 Å². The van der Waals surface area contributed by atoms with Gasteiger partial charge in [-0.15, -0.1) is 11.3 Å². The molecule has 8 heteroatoms. The van der Waals surface area contributed by atoms with E-state index in [9.17, 15) is 9.59 Å². The minimum atomic E-state index is -0.295. The summed E-state index contributed by atoms with van der Waals surface area (Å²) in [5, 5.41) is 10.7. The molecule has 1 aliphatic heterocycles. The Labute approximate surface area is 204 Å². The van der Waals surface area contributed by atoms with E-state index in [4.69, 9.17) is 4.74 Å². The van der Waals surface area contributed by atoms with Crippen LogP contribution in [0, 0.1) is 0 Å². The third-order valence-corrected chi connectivity index (χ3v) is 6.81. The normalized spacial score (nSPS) is 17.9. The molecule has 1 aliphatic rings. The van der Waals surface area contributed by atoms with E-state index >= 15 is 0 Å². The lowest BCUT2D eigenvalue weighted by Gasteiger charge is -2.24. The Morgan fingerprint density at radius 1 is 1.06 bits per heavy atom. The second kappa shape index (κ2) is 11.8. The van der Waals surface area contributed by atoms with Crippen molar-refractivity contribution >= 4 is 29.0 Å². The van der Waals surface area contributed by atoms with Gasteiger partial charge in [0.05, 0.1) is 12.6 Å². The maximum atomic E-state index is 12.6. The average molecular weight is 479 g/mol. The summed E-state index contributed by atoms with van der Waals surface area (Å²) in [4.78, 5) is 28.5. The molecular weight excluding hydrogens is 448 g/mol. The van der Waals surface area contributed by atoms with E-state index in [-0.39, 0.29) is 24.1 Å². The Morgan fingerprint density at radius 3 is 2.68 bits per heavy atom. The molecule has 4 rings (SSSR count). The van der Waals surface area contributed by atoms with Crippen molar-refractivity contribution in [2.24, 2.45) is 0 Å². The molecule has 1 saturated heterocycles. The predicted molar refractivity (Wildman–Crippen MR) is 135 cm³/mol. The average Bonchev–Trinajstić information content (AvgIpc) is 3.52. The van der Waals surface area contributed by atoms with Crippen LogP contribution in [-0.2, 0) is 17.8 Å². The van der Waals surface area contributed by atoms with Gasteiger partial charge in [-0.05, 0) is 41.6 Å². The van der Waals surface area contributed by atoms with Gasteiger partial charge in [-0.2, -0.15) is 0 Å². The van der Waals surface area contributed by atoms with Crippen LogP contribution in [0.15, 0.2) is 72.1 Å². The van der Waals surface area contributed by atoms with Crippen molar-refractivity contribution in [1.82, 2.24) is 15.5 Å². The third kappa shape index (κ3) is 6.66. The van der Waals surface area contributed by atoms with Gasteiger partial charge in [0.2, 0.25) is 0 Å². The molecule has 2 aromatic carbocycles. The molecule has 0 aliphatic carbocycles. The first-order valence-electron chi connectivity index (χ1n) is 11.4. The highest BCUT2D eigenvalue weighted by Crippen LogP contribution is 2.22. The molecule has 3 aromatic rings. The molecule has 2 atom stereocenters. The predicted octanol–water partition coefficient (Wildman–Crippen LogP) is 4.09. The van der Waals surface area contributed by atoms with Gasteiger partial charge in [-0.25, -0.2) is 4.79 Å². The lowest BCUT2D eigenvalue weighted by atomic mass is 10.1.